The fourth-order valence-corrected chi connectivity index (χ4v) is 6.49. The molecule has 2 fully saturated rings. The molecule has 2 aliphatic rings. The standard InChI is InChI=1S/C27H35N5O3S/c1-19-18-32(26-11-10-24(14-25(19)26)36(34,35)31-12-4-3-5-13-31)20(2)27(33)29-15-21-6-8-22(9-7-21)30-23-16-28-17-23/h6-11,14,18,20,23,28,30H,3-5,12-13,15-17H2,1-2H3,(H,29,33)/t20-/m1/s1. The maximum atomic E-state index is 13.2. The molecule has 3 heterocycles. The first-order valence-electron chi connectivity index (χ1n) is 12.8. The van der Waals surface area contributed by atoms with Crippen molar-refractivity contribution in [2.24, 2.45) is 0 Å². The van der Waals surface area contributed by atoms with Crippen molar-refractivity contribution in [1.82, 2.24) is 19.5 Å². The number of aryl methyl sites for hydroxylation is 1. The third-order valence-electron chi connectivity index (χ3n) is 7.33. The molecule has 0 bridgehead atoms. The molecule has 1 amide bonds. The third-order valence-corrected chi connectivity index (χ3v) is 9.22. The Labute approximate surface area is 213 Å². The number of benzene rings is 2. The van der Waals surface area contributed by atoms with Crippen LogP contribution in [0.4, 0.5) is 5.69 Å². The Morgan fingerprint density at radius 2 is 1.81 bits per heavy atom. The van der Waals surface area contributed by atoms with Gasteiger partial charge in [0.25, 0.3) is 0 Å². The molecule has 36 heavy (non-hydrogen) atoms. The van der Waals surface area contributed by atoms with Gasteiger partial charge in [0.05, 0.1) is 10.9 Å². The molecule has 192 valence electrons. The van der Waals surface area contributed by atoms with Gasteiger partial charge in [0.1, 0.15) is 6.04 Å². The van der Waals surface area contributed by atoms with E-state index in [4.69, 9.17) is 0 Å². The van der Waals surface area contributed by atoms with Crippen molar-refractivity contribution in [3.8, 4) is 0 Å². The number of piperidine rings is 1. The molecular formula is C27H35N5O3S. The van der Waals surface area contributed by atoms with E-state index in [0.29, 0.717) is 30.6 Å². The average molecular weight is 510 g/mol. The number of carbonyl (C=O) groups excluding carboxylic acids is 1. The summed E-state index contributed by atoms with van der Waals surface area (Å²) in [5.74, 6) is -0.0836. The van der Waals surface area contributed by atoms with Gasteiger partial charge in [-0.05, 0) is 68.1 Å². The summed E-state index contributed by atoms with van der Waals surface area (Å²) in [6.45, 7) is 7.40. The number of hydrogen-bond donors (Lipinski definition) is 3. The first-order valence-corrected chi connectivity index (χ1v) is 14.2. The minimum absolute atomic E-state index is 0.0836. The first-order chi connectivity index (χ1) is 17.3. The van der Waals surface area contributed by atoms with Crippen molar-refractivity contribution in [3.05, 3.63) is 59.8 Å². The van der Waals surface area contributed by atoms with Crippen LogP contribution in [0.3, 0.4) is 0 Å². The van der Waals surface area contributed by atoms with Gasteiger partial charge in [-0.1, -0.05) is 18.6 Å². The van der Waals surface area contributed by atoms with Crippen LogP contribution in [-0.2, 0) is 21.4 Å². The molecule has 3 aromatic rings. The number of sulfonamides is 1. The molecule has 0 spiro atoms. The maximum Gasteiger partial charge on any atom is 0.243 e. The molecule has 5 rings (SSSR count). The van der Waals surface area contributed by atoms with E-state index in [-0.39, 0.29) is 5.91 Å². The van der Waals surface area contributed by atoms with Crippen LogP contribution in [0.2, 0.25) is 0 Å². The van der Waals surface area contributed by atoms with E-state index in [1.54, 1.807) is 16.4 Å². The number of anilines is 1. The van der Waals surface area contributed by atoms with Crippen LogP contribution < -0.4 is 16.0 Å². The van der Waals surface area contributed by atoms with Crippen LogP contribution >= 0.6 is 0 Å². The van der Waals surface area contributed by atoms with Gasteiger partial charge in [0.15, 0.2) is 0 Å². The monoisotopic (exact) mass is 509 g/mol. The molecule has 8 nitrogen and oxygen atoms in total. The number of amides is 1. The minimum atomic E-state index is -3.51. The Morgan fingerprint density at radius 3 is 2.47 bits per heavy atom. The predicted octanol–water partition coefficient (Wildman–Crippen LogP) is 3.39. The van der Waals surface area contributed by atoms with Crippen LogP contribution in [0.25, 0.3) is 10.9 Å². The van der Waals surface area contributed by atoms with Gasteiger partial charge in [0, 0.05) is 55.5 Å². The summed E-state index contributed by atoms with van der Waals surface area (Å²) >= 11 is 0. The highest BCUT2D eigenvalue weighted by Gasteiger charge is 2.27. The molecular weight excluding hydrogens is 474 g/mol. The summed E-state index contributed by atoms with van der Waals surface area (Å²) in [6.07, 6.45) is 4.82. The van der Waals surface area contributed by atoms with Crippen molar-refractivity contribution in [2.75, 3.05) is 31.5 Å². The van der Waals surface area contributed by atoms with E-state index < -0.39 is 16.1 Å². The summed E-state index contributed by atoms with van der Waals surface area (Å²) < 4.78 is 29.8. The molecule has 2 aromatic carbocycles. The average Bonchev–Trinajstić information content (AvgIpc) is 3.21. The molecule has 2 saturated heterocycles. The lowest BCUT2D eigenvalue weighted by Crippen LogP contribution is -2.51. The number of rotatable bonds is 8. The second kappa shape index (κ2) is 10.2. The number of nitrogens with one attached hydrogen (secondary N) is 3. The molecule has 0 radical (unpaired) electrons. The second-order valence-electron chi connectivity index (χ2n) is 9.95. The van der Waals surface area contributed by atoms with E-state index in [1.165, 1.54) is 0 Å². The van der Waals surface area contributed by atoms with Gasteiger partial charge in [-0.3, -0.25) is 4.79 Å². The van der Waals surface area contributed by atoms with Gasteiger partial charge < -0.3 is 20.5 Å². The molecule has 9 heteroatoms. The summed E-state index contributed by atoms with van der Waals surface area (Å²) in [5.41, 5.74) is 3.92. The van der Waals surface area contributed by atoms with Crippen LogP contribution in [0.1, 0.15) is 43.4 Å². The van der Waals surface area contributed by atoms with Crippen LogP contribution in [0.15, 0.2) is 53.6 Å². The Kier molecular flexibility index (Phi) is 7.05. The molecule has 0 saturated carbocycles. The zero-order valence-corrected chi connectivity index (χ0v) is 21.8. The zero-order valence-electron chi connectivity index (χ0n) is 21.0. The highest BCUT2D eigenvalue weighted by molar-refractivity contribution is 7.89. The van der Waals surface area contributed by atoms with E-state index in [9.17, 15) is 13.2 Å². The lowest BCUT2D eigenvalue weighted by molar-refractivity contribution is -0.123. The maximum absolute atomic E-state index is 13.2. The van der Waals surface area contributed by atoms with Gasteiger partial charge in [0.2, 0.25) is 15.9 Å². The largest absolute Gasteiger partial charge is 0.380 e. The van der Waals surface area contributed by atoms with Crippen LogP contribution in [0, 0.1) is 6.92 Å². The lowest BCUT2D eigenvalue weighted by atomic mass is 10.1. The fourth-order valence-electron chi connectivity index (χ4n) is 4.95. The summed E-state index contributed by atoms with van der Waals surface area (Å²) in [4.78, 5) is 13.3. The number of fused-ring (bicyclic) bond motifs is 1. The van der Waals surface area contributed by atoms with Crippen molar-refractivity contribution in [2.45, 2.75) is 56.6 Å². The minimum Gasteiger partial charge on any atom is -0.380 e. The Morgan fingerprint density at radius 1 is 1.08 bits per heavy atom. The van der Waals surface area contributed by atoms with Crippen molar-refractivity contribution >= 4 is 32.5 Å². The first kappa shape index (κ1) is 24.8. The SMILES string of the molecule is Cc1cn([C@H](C)C(=O)NCc2ccc(NC3CNC3)cc2)c2ccc(S(=O)(=O)N3CCCCC3)cc12. The molecule has 3 N–H and O–H groups in total. The van der Waals surface area contributed by atoms with Gasteiger partial charge in [-0.2, -0.15) is 4.31 Å². The van der Waals surface area contributed by atoms with Crippen molar-refractivity contribution < 1.29 is 13.2 Å². The number of nitrogens with zero attached hydrogens (tertiary/aromatic N) is 2. The number of hydrogen-bond acceptors (Lipinski definition) is 5. The highest BCUT2D eigenvalue weighted by Crippen LogP contribution is 2.29. The van der Waals surface area contributed by atoms with E-state index in [2.05, 4.69) is 16.0 Å². The molecule has 1 aromatic heterocycles. The summed E-state index contributed by atoms with van der Waals surface area (Å²) in [5, 5.41) is 10.6. The second-order valence-corrected chi connectivity index (χ2v) is 11.9. The lowest BCUT2D eigenvalue weighted by Gasteiger charge is -2.29. The zero-order chi connectivity index (χ0) is 25.3. The van der Waals surface area contributed by atoms with E-state index >= 15 is 0 Å². The van der Waals surface area contributed by atoms with Crippen molar-refractivity contribution in [3.63, 3.8) is 0 Å². The number of aromatic nitrogens is 1. The Hall–Kier alpha value is -2.88. The van der Waals surface area contributed by atoms with Gasteiger partial charge in [-0.25, -0.2) is 8.42 Å². The smallest absolute Gasteiger partial charge is 0.243 e. The normalized spacial score (nSPS) is 18.1. The highest BCUT2D eigenvalue weighted by atomic mass is 32.2. The topological polar surface area (TPSA) is 95.5 Å². The van der Waals surface area contributed by atoms with Crippen LogP contribution in [0.5, 0.6) is 0 Å². The van der Waals surface area contributed by atoms with E-state index in [1.807, 2.05) is 54.9 Å². The molecule has 0 aliphatic carbocycles. The number of carbonyl (C=O) groups is 1. The van der Waals surface area contributed by atoms with Gasteiger partial charge >= 0.3 is 0 Å². The quantitative estimate of drug-likeness (QED) is 0.433. The fraction of sp³-hybridized carbons (Fsp3) is 0.444. The third kappa shape index (κ3) is 5.00. The predicted molar refractivity (Wildman–Crippen MR) is 143 cm³/mol. The van der Waals surface area contributed by atoms with Crippen molar-refractivity contribution in [1.29, 1.82) is 0 Å². The summed E-state index contributed by atoms with van der Waals surface area (Å²) in [6, 6.07) is 13.4. The molecule has 0 unspecified atom stereocenters. The van der Waals surface area contributed by atoms with E-state index in [0.717, 1.165) is 60.1 Å². The Bertz CT molecular complexity index is 1340. The Balaban J connectivity index is 1.27. The summed E-state index contributed by atoms with van der Waals surface area (Å²) in [7, 11) is -3.51. The molecule has 1 atom stereocenters. The van der Waals surface area contributed by atoms with Gasteiger partial charge in [-0.15, -0.1) is 0 Å². The van der Waals surface area contributed by atoms with Crippen LogP contribution in [-0.4, -0.2) is 55.4 Å². The molecule has 2 aliphatic heterocycles.